The summed E-state index contributed by atoms with van der Waals surface area (Å²) in [4.78, 5) is 21.8. The Morgan fingerprint density at radius 3 is 2.57 bits per heavy atom. The number of piperidine rings is 2. The number of hydrogen-bond acceptors (Lipinski definition) is 5. The summed E-state index contributed by atoms with van der Waals surface area (Å²) in [7, 11) is 5.90. The van der Waals surface area contributed by atoms with Crippen LogP contribution >= 0.6 is 0 Å². The van der Waals surface area contributed by atoms with Gasteiger partial charge in [-0.25, -0.2) is 0 Å². The summed E-state index contributed by atoms with van der Waals surface area (Å²) < 4.78 is 6.29. The molecule has 0 radical (unpaired) electrons. The third kappa shape index (κ3) is 6.43. The summed E-state index contributed by atoms with van der Waals surface area (Å²) in [6, 6.07) is 8.40. The first-order valence-corrected chi connectivity index (χ1v) is 11.6. The molecule has 0 aromatic heterocycles. The van der Waals surface area contributed by atoms with E-state index in [2.05, 4.69) is 21.6 Å². The molecule has 1 aromatic carbocycles. The molecular formula is C24H40N4O2. The molecule has 0 aliphatic carbocycles. The molecule has 1 atom stereocenters. The molecule has 1 aromatic rings. The first-order valence-electron chi connectivity index (χ1n) is 11.6. The van der Waals surface area contributed by atoms with Gasteiger partial charge < -0.3 is 19.4 Å². The van der Waals surface area contributed by atoms with Gasteiger partial charge >= 0.3 is 0 Å². The molecule has 2 fully saturated rings. The largest absolute Gasteiger partial charge is 0.490 e. The van der Waals surface area contributed by atoms with E-state index in [-0.39, 0.29) is 12.0 Å². The summed E-state index contributed by atoms with van der Waals surface area (Å²) in [6.07, 6.45) is 5.00. The van der Waals surface area contributed by atoms with Crippen LogP contribution in [-0.2, 0) is 0 Å². The zero-order chi connectivity index (χ0) is 21.5. The summed E-state index contributed by atoms with van der Waals surface area (Å²) in [5, 5.41) is 0. The normalized spacial score (nSPS) is 21.7. The molecule has 0 bridgehead atoms. The van der Waals surface area contributed by atoms with Gasteiger partial charge in [0.05, 0.1) is 0 Å². The lowest BCUT2D eigenvalue weighted by molar-refractivity contribution is 0.0440. The van der Waals surface area contributed by atoms with Crippen molar-refractivity contribution < 1.29 is 9.53 Å². The number of ether oxygens (including phenoxy) is 1. The Kier molecular flexibility index (Phi) is 8.54. The van der Waals surface area contributed by atoms with Crippen molar-refractivity contribution in [3.63, 3.8) is 0 Å². The molecule has 1 amide bonds. The smallest absolute Gasteiger partial charge is 0.253 e. The Labute approximate surface area is 182 Å². The van der Waals surface area contributed by atoms with Gasteiger partial charge in [0.1, 0.15) is 11.9 Å². The van der Waals surface area contributed by atoms with E-state index in [0.717, 1.165) is 44.8 Å². The zero-order valence-electron chi connectivity index (χ0n) is 19.3. The quantitative estimate of drug-likeness (QED) is 0.652. The SMILES string of the molecule is CCN1CCC[C@@H](N2CCC(Oc3cccc(C(=O)N(C)CCN(C)C)c3)CC2)C1. The van der Waals surface area contributed by atoms with E-state index >= 15 is 0 Å². The molecule has 6 nitrogen and oxygen atoms in total. The molecule has 30 heavy (non-hydrogen) atoms. The van der Waals surface area contributed by atoms with Gasteiger partial charge in [-0.2, -0.15) is 0 Å². The topological polar surface area (TPSA) is 39.3 Å². The van der Waals surface area contributed by atoms with E-state index in [1.165, 1.54) is 25.9 Å². The van der Waals surface area contributed by atoms with Crippen molar-refractivity contribution in [2.75, 3.05) is 67.0 Å². The number of likely N-dealkylation sites (tertiary alicyclic amines) is 2. The van der Waals surface area contributed by atoms with Crippen LogP contribution in [0.15, 0.2) is 24.3 Å². The summed E-state index contributed by atoms with van der Waals surface area (Å²) in [5.41, 5.74) is 0.702. The minimum absolute atomic E-state index is 0.0508. The molecule has 0 N–H and O–H groups in total. The highest BCUT2D eigenvalue weighted by molar-refractivity contribution is 5.94. The second kappa shape index (κ2) is 11.1. The van der Waals surface area contributed by atoms with Crippen molar-refractivity contribution in [3.05, 3.63) is 29.8 Å². The first kappa shape index (κ1) is 23.0. The minimum Gasteiger partial charge on any atom is -0.490 e. The maximum Gasteiger partial charge on any atom is 0.253 e. The van der Waals surface area contributed by atoms with E-state index < -0.39 is 0 Å². The van der Waals surface area contributed by atoms with Crippen molar-refractivity contribution in [1.29, 1.82) is 0 Å². The minimum atomic E-state index is 0.0508. The monoisotopic (exact) mass is 416 g/mol. The summed E-state index contributed by atoms with van der Waals surface area (Å²) in [5.74, 6) is 0.866. The van der Waals surface area contributed by atoms with Crippen LogP contribution in [0.5, 0.6) is 5.75 Å². The van der Waals surface area contributed by atoms with Gasteiger partial charge in [-0.05, 0) is 71.1 Å². The Balaban J connectivity index is 1.49. The van der Waals surface area contributed by atoms with Crippen molar-refractivity contribution in [3.8, 4) is 5.75 Å². The fourth-order valence-electron chi connectivity index (χ4n) is 4.54. The fraction of sp³-hybridized carbons (Fsp3) is 0.708. The molecule has 168 valence electrons. The van der Waals surface area contributed by atoms with Gasteiger partial charge in [-0.3, -0.25) is 9.69 Å². The van der Waals surface area contributed by atoms with Crippen molar-refractivity contribution in [2.45, 2.75) is 44.8 Å². The van der Waals surface area contributed by atoms with E-state index in [9.17, 15) is 4.79 Å². The number of nitrogens with zero attached hydrogens (tertiary/aromatic N) is 4. The molecular weight excluding hydrogens is 376 g/mol. The molecule has 0 unspecified atom stereocenters. The third-order valence-electron chi connectivity index (χ3n) is 6.53. The van der Waals surface area contributed by atoms with Crippen LogP contribution in [0.2, 0.25) is 0 Å². The van der Waals surface area contributed by atoms with Gasteiger partial charge in [0.25, 0.3) is 5.91 Å². The lowest BCUT2D eigenvalue weighted by atomic mass is 9.99. The Morgan fingerprint density at radius 1 is 1.10 bits per heavy atom. The Bertz CT molecular complexity index is 673. The third-order valence-corrected chi connectivity index (χ3v) is 6.53. The second-order valence-electron chi connectivity index (χ2n) is 9.10. The summed E-state index contributed by atoms with van der Waals surface area (Å²) in [6.45, 7) is 9.69. The van der Waals surface area contributed by atoms with Gasteiger partial charge in [0, 0.05) is 51.4 Å². The number of carbonyl (C=O) groups excluding carboxylic acids is 1. The highest BCUT2D eigenvalue weighted by atomic mass is 16.5. The van der Waals surface area contributed by atoms with Gasteiger partial charge in [0.2, 0.25) is 0 Å². The predicted molar refractivity (Wildman–Crippen MR) is 122 cm³/mol. The molecule has 2 aliphatic heterocycles. The van der Waals surface area contributed by atoms with Crippen LogP contribution in [0.25, 0.3) is 0 Å². The van der Waals surface area contributed by atoms with Crippen LogP contribution in [0, 0.1) is 0 Å². The number of amides is 1. The number of hydrogen-bond donors (Lipinski definition) is 0. The molecule has 2 aliphatic rings. The highest BCUT2D eigenvalue weighted by Crippen LogP contribution is 2.24. The average Bonchev–Trinajstić information content (AvgIpc) is 2.77. The predicted octanol–water partition coefficient (Wildman–Crippen LogP) is 2.65. The van der Waals surface area contributed by atoms with Gasteiger partial charge in [0.15, 0.2) is 0 Å². The van der Waals surface area contributed by atoms with E-state index in [0.29, 0.717) is 18.2 Å². The standard InChI is InChI=1S/C24H40N4O2/c1-5-27-13-7-9-21(19-27)28-14-11-22(12-15-28)30-23-10-6-8-20(18-23)24(29)26(4)17-16-25(2)3/h6,8,10,18,21-22H,5,7,9,11-17,19H2,1-4H3/t21-/m1/s1. The zero-order valence-corrected chi connectivity index (χ0v) is 19.3. The first-order chi connectivity index (χ1) is 14.5. The lowest BCUT2D eigenvalue weighted by Crippen LogP contribution is -2.51. The van der Waals surface area contributed by atoms with Gasteiger partial charge in [-0.1, -0.05) is 13.0 Å². The summed E-state index contributed by atoms with van der Waals surface area (Å²) >= 11 is 0. The molecule has 6 heteroatoms. The van der Waals surface area contributed by atoms with Crippen molar-refractivity contribution in [1.82, 2.24) is 19.6 Å². The number of benzene rings is 1. The van der Waals surface area contributed by atoms with Crippen LogP contribution in [0.3, 0.4) is 0 Å². The van der Waals surface area contributed by atoms with Crippen LogP contribution < -0.4 is 4.74 Å². The van der Waals surface area contributed by atoms with Crippen LogP contribution in [0.4, 0.5) is 0 Å². The van der Waals surface area contributed by atoms with Crippen LogP contribution in [-0.4, -0.2) is 105 Å². The van der Waals surface area contributed by atoms with Crippen molar-refractivity contribution in [2.24, 2.45) is 0 Å². The second-order valence-corrected chi connectivity index (χ2v) is 9.10. The number of likely N-dealkylation sites (N-methyl/N-ethyl adjacent to an activating group) is 3. The molecule has 0 spiro atoms. The van der Waals surface area contributed by atoms with Crippen molar-refractivity contribution >= 4 is 5.91 Å². The van der Waals surface area contributed by atoms with E-state index in [1.807, 2.05) is 45.4 Å². The molecule has 3 rings (SSSR count). The van der Waals surface area contributed by atoms with E-state index in [1.54, 1.807) is 4.90 Å². The van der Waals surface area contributed by atoms with Crippen LogP contribution in [0.1, 0.15) is 43.0 Å². The molecule has 2 saturated heterocycles. The van der Waals surface area contributed by atoms with Gasteiger partial charge in [-0.15, -0.1) is 0 Å². The van der Waals surface area contributed by atoms with E-state index in [4.69, 9.17) is 4.74 Å². The number of rotatable bonds is 8. The number of carbonyl (C=O) groups is 1. The molecule has 2 heterocycles. The highest BCUT2D eigenvalue weighted by Gasteiger charge is 2.29. The Morgan fingerprint density at radius 2 is 1.87 bits per heavy atom. The lowest BCUT2D eigenvalue weighted by Gasteiger charge is -2.42. The maximum absolute atomic E-state index is 12.7. The average molecular weight is 417 g/mol. The Hall–Kier alpha value is -1.63. The molecule has 0 saturated carbocycles. The fourth-order valence-corrected chi connectivity index (χ4v) is 4.54. The maximum atomic E-state index is 12.7.